The van der Waals surface area contributed by atoms with E-state index < -0.39 is 10.0 Å². The summed E-state index contributed by atoms with van der Waals surface area (Å²) in [5, 5.41) is 1.95. The average Bonchev–Trinajstić information content (AvgIpc) is 3.07. The Bertz CT molecular complexity index is 1500. The lowest BCUT2D eigenvalue weighted by molar-refractivity contribution is -0.640. The zero-order valence-electron chi connectivity index (χ0n) is 16.3. The number of nitrogens with zero attached hydrogens (tertiary/aromatic N) is 2. The van der Waals surface area contributed by atoms with Crippen LogP contribution >= 0.6 is 0 Å². The van der Waals surface area contributed by atoms with E-state index in [1.54, 1.807) is 12.1 Å². The lowest BCUT2D eigenvalue weighted by atomic mass is 10.1. The number of benzene rings is 3. The van der Waals surface area contributed by atoms with Crippen LogP contribution in [0.25, 0.3) is 32.8 Å². The van der Waals surface area contributed by atoms with Gasteiger partial charge in [-0.15, -0.1) is 0 Å². The molecule has 4 nitrogen and oxygen atoms in total. The van der Waals surface area contributed by atoms with Crippen molar-refractivity contribution < 1.29 is 13.0 Å². The van der Waals surface area contributed by atoms with Gasteiger partial charge in [-0.05, 0) is 50.2 Å². The molecule has 0 aliphatic rings. The minimum Gasteiger partial charge on any atom is -0.227 e. The van der Waals surface area contributed by atoms with E-state index in [-0.39, 0.29) is 0 Å². The lowest BCUT2D eigenvalue weighted by Gasteiger charge is -2.09. The van der Waals surface area contributed by atoms with E-state index in [1.807, 2.05) is 67.6 Å². The number of fused-ring (bicyclic) bond motifs is 4. The minimum atomic E-state index is -3.76. The van der Waals surface area contributed by atoms with Crippen LogP contribution in [-0.2, 0) is 16.6 Å². The maximum absolute atomic E-state index is 13.7. The first kappa shape index (κ1) is 17.9. The van der Waals surface area contributed by atoms with Crippen molar-refractivity contribution >= 4 is 42.9 Å². The largest absolute Gasteiger partial charge is 0.268 e. The zero-order chi connectivity index (χ0) is 20.2. The maximum atomic E-state index is 13.7. The highest BCUT2D eigenvalue weighted by atomic mass is 32.2. The van der Waals surface area contributed by atoms with E-state index in [0.29, 0.717) is 15.9 Å². The van der Waals surface area contributed by atoms with Gasteiger partial charge in [0.25, 0.3) is 10.0 Å². The molecule has 2 aromatic heterocycles. The Kier molecular flexibility index (Phi) is 3.96. The summed E-state index contributed by atoms with van der Waals surface area (Å²) in [6, 6.07) is 24.9. The van der Waals surface area contributed by atoms with Crippen molar-refractivity contribution in [1.29, 1.82) is 0 Å². The third-order valence-corrected chi connectivity index (χ3v) is 7.25. The molecular formula is C24H21N2O2S+. The molecule has 29 heavy (non-hydrogen) atoms. The topological polar surface area (TPSA) is 43.0 Å². The van der Waals surface area contributed by atoms with E-state index in [2.05, 4.69) is 17.6 Å². The standard InChI is InChI=1S/C24H21N2O2S/c1-3-25-21-10-6-4-8-18(21)16-23-24(25)20-9-5-7-11-22(20)26(23)29(27,28)19-14-12-17(2)13-15-19/h4-16H,3H2,1-2H3/q+1. The quantitative estimate of drug-likeness (QED) is 0.408. The van der Waals surface area contributed by atoms with Crippen LogP contribution in [0.4, 0.5) is 0 Å². The number of para-hydroxylation sites is 2. The summed E-state index contributed by atoms with van der Waals surface area (Å²) in [5.74, 6) is 0. The van der Waals surface area contributed by atoms with E-state index in [4.69, 9.17) is 0 Å². The van der Waals surface area contributed by atoms with Crippen LogP contribution in [0, 0.1) is 6.92 Å². The molecular weight excluding hydrogens is 380 g/mol. The van der Waals surface area contributed by atoms with E-state index >= 15 is 0 Å². The third-order valence-electron chi connectivity index (χ3n) is 5.50. The Morgan fingerprint density at radius 2 is 1.55 bits per heavy atom. The Morgan fingerprint density at radius 1 is 0.862 bits per heavy atom. The van der Waals surface area contributed by atoms with Crippen LogP contribution in [0.2, 0.25) is 0 Å². The fourth-order valence-electron chi connectivity index (χ4n) is 4.15. The number of aromatic nitrogens is 2. The predicted octanol–water partition coefficient (Wildman–Crippen LogP) is 4.80. The molecule has 0 spiro atoms. The molecule has 144 valence electrons. The summed E-state index contributed by atoms with van der Waals surface area (Å²) in [4.78, 5) is 0.293. The third kappa shape index (κ3) is 2.58. The Labute approximate surface area is 169 Å². The highest BCUT2D eigenvalue weighted by molar-refractivity contribution is 7.90. The summed E-state index contributed by atoms with van der Waals surface area (Å²) in [6.07, 6.45) is 0. The Morgan fingerprint density at radius 3 is 2.31 bits per heavy atom. The molecule has 0 amide bonds. The molecule has 5 heteroatoms. The van der Waals surface area contributed by atoms with Gasteiger partial charge in [0.1, 0.15) is 12.1 Å². The maximum Gasteiger partial charge on any atom is 0.268 e. The second kappa shape index (κ2) is 6.42. The molecule has 2 heterocycles. The van der Waals surface area contributed by atoms with Gasteiger partial charge >= 0.3 is 0 Å². The van der Waals surface area contributed by atoms with Gasteiger partial charge < -0.3 is 0 Å². The van der Waals surface area contributed by atoms with Gasteiger partial charge in [-0.2, -0.15) is 4.57 Å². The zero-order valence-corrected chi connectivity index (χ0v) is 17.1. The van der Waals surface area contributed by atoms with Crippen molar-refractivity contribution in [3.63, 3.8) is 0 Å². The molecule has 0 aliphatic carbocycles. The molecule has 0 bridgehead atoms. The van der Waals surface area contributed by atoms with Gasteiger partial charge in [-0.25, -0.2) is 12.4 Å². The summed E-state index contributed by atoms with van der Waals surface area (Å²) < 4.78 is 31.2. The van der Waals surface area contributed by atoms with Gasteiger partial charge in [0, 0.05) is 11.5 Å². The van der Waals surface area contributed by atoms with Crippen LogP contribution in [0.5, 0.6) is 0 Å². The highest BCUT2D eigenvalue weighted by Gasteiger charge is 2.28. The molecule has 0 radical (unpaired) electrons. The molecule has 0 unspecified atom stereocenters. The second-order valence-electron chi connectivity index (χ2n) is 7.28. The fraction of sp³-hybridized carbons (Fsp3) is 0.125. The molecule has 0 atom stereocenters. The molecule has 5 rings (SSSR count). The summed E-state index contributed by atoms with van der Waals surface area (Å²) in [5.41, 5.74) is 4.46. The Hall–Kier alpha value is -3.18. The predicted molar refractivity (Wildman–Crippen MR) is 117 cm³/mol. The first-order chi connectivity index (χ1) is 14.0. The average molecular weight is 402 g/mol. The highest BCUT2D eigenvalue weighted by Crippen LogP contribution is 2.32. The smallest absolute Gasteiger partial charge is 0.227 e. The molecule has 0 aliphatic heterocycles. The molecule has 0 fully saturated rings. The van der Waals surface area contributed by atoms with Gasteiger partial charge in [0.05, 0.1) is 15.8 Å². The van der Waals surface area contributed by atoms with Crippen molar-refractivity contribution in [2.75, 3.05) is 0 Å². The number of aryl methyl sites for hydroxylation is 2. The van der Waals surface area contributed by atoms with Crippen LogP contribution in [0.3, 0.4) is 0 Å². The van der Waals surface area contributed by atoms with Crippen molar-refractivity contribution in [1.82, 2.24) is 3.97 Å². The van der Waals surface area contributed by atoms with Crippen molar-refractivity contribution in [2.45, 2.75) is 25.3 Å². The first-order valence-electron chi connectivity index (χ1n) is 9.69. The van der Waals surface area contributed by atoms with Crippen LogP contribution in [0.15, 0.2) is 83.8 Å². The van der Waals surface area contributed by atoms with Gasteiger partial charge in [0.15, 0.2) is 0 Å². The van der Waals surface area contributed by atoms with Gasteiger partial charge in [-0.3, -0.25) is 0 Å². The van der Waals surface area contributed by atoms with Crippen LogP contribution in [0.1, 0.15) is 12.5 Å². The number of pyridine rings is 1. The van der Waals surface area contributed by atoms with Crippen molar-refractivity contribution in [3.05, 3.63) is 84.4 Å². The lowest BCUT2D eigenvalue weighted by Crippen LogP contribution is -2.34. The number of rotatable bonds is 3. The molecule has 5 aromatic rings. The number of hydrogen-bond donors (Lipinski definition) is 0. The van der Waals surface area contributed by atoms with E-state index in [1.165, 1.54) is 3.97 Å². The van der Waals surface area contributed by atoms with Crippen molar-refractivity contribution in [2.24, 2.45) is 0 Å². The van der Waals surface area contributed by atoms with E-state index in [9.17, 15) is 8.42 Å². The fourth-order valence-corrected chi connectivity index (χ4v) is 5.66. The van der Waals surface area contributed by atoms with Crippen LogP contribution < -0.4 is 4.57 Å². The summed E-state index contributed by atoms with van der Waals surface area (Å²) >= 11 is 0. The second-order valence-corrected chi connectivity index (χ2v) is 9.07. The van der Waals surface area contributed by atoms with Crippen molar-refractivity contribution in [3.8, 4) is 0 Å². The Balaban J connectivity index is 2.00. The molecule has 0 saturated carbocycles. The summed E-state index contributed by atoms with van der Waals surface area (Å²) in [7, 11) is -3.76. The van der Waals surface area contributed by atoms with Gasteiger partial charge in [0.2, 0.25) is 11.0 Å². The summed E-state index contributed by atoms with van der Waals surface area (Å²) in [6.45, 7) is 4.79. The SMILES string of the molecule is CC[n+]1c2ccccc2cc2c1c1ccccc1n2S(=O)(=O)c1ccc(C)cc1. The van der Waals surface area contributed by atoms with Crippen LogP contribution in [-0.4, -0.2) is 12.4 Å². The molecule has 3 aromatic carbocycles. The monoisotopic (exact) mass is 401 g/mol. The first-order valence-corrected chi connectivity index (χ1v) is 11.1. The molecule has 0 saturated heterocycles. The van der Waals surface area contributed by atoms with Gasteiger partial charge in [-0.1, -0.05) is 42.0 Å². The van der Waals surface area contributed by atoms with E-state index in [0.717, 1.165) is 33.9 Å². The normalized spacial score (nSPS) is 12.2. The number of hydrogen-bond acceptors (Lipinski definition) is 2. The minimum absolute atomic E-state index is 0.293. The molecule has 0 N–H and O–H groups in total.